The molecule has 0 saturated carbocycles. The SMILES string of the molecule is O=C(O)c1ccnc(/C(COc2ccc(-c3ccccc3)cc2)=N/OC2CCCCO2)c1. The molecule has 0 amide bonds. The molecule has 7 heteroatoms. The Hall–Kier alpha value is -3.71. The van der Waals surface area contributed by atoms with Crippen LogP contribution in [0.4, 0.5) is 0 Å². The Morgan fingerprint density at radius 1 is 1.06 bits per heavy atom. The van der Waals surface area contributed by atoms with E-state index in [1.54, 1.807) is 0 Å². The molecule has 0 spiro atoms. The zero-order valence-corrected chi connectivity index (χ0v) is 17.5. The lowest BCUT2D eigenvalue weighted by molar-refractivity contribution is -0.162. The molecule has 1 unspecified atom stereocenters. The van der Waals surface area contributed by atoms with Crippen molar-refractivity contribution in [2.45, 2.75) is 25.6 Å². The summed E-state index contributed by atoms with van der Waals surface area (Å²) in [6, 6.07) is 20.7. The zero-order valence-electron chi connectivity index (χ0n) is 17.5. The number of oxime groups is 1. The minimum atomic E-state index is -1.04. The van der Waals surface area contributed by atoms with Crippen LogP contribution in [-0.4, -0.2) is 41.3 Å². The molecule has 4 rings (SSSR count). The van der Waals surface area contributed by atoms with Crippen LogP contribution < -0.4 is 4.74 Å². The molecule has 3 aromatic rings. The first-order valence-corrected chi connectivity index (χ1v) is 10.5. The van der Waals surface area contributed by atoms with Crippen molar-refractivity contribution < 1.29 is 24.2 Å². The van der Waals surface area contributed by atoms with E-state index in [0.717, 1.165) is 30.4 Å². The topological polar surface area (TPSA) is 90.2 Å². The third-order valence-electron chi connectivity index (χ3n) is 5.06. The number of nitrogens with zero attached hydrogens (tertiary/aromatic N) is 2. The third-order valence-corrected chi connectivity index (χ3v) is 5.06. The van der Waals surface area contributed by atoms with E-state index in [2.05, 4.69) is 10.1 Å². The van der Waals surface area contributed by atoms with Gasteiger partial charge in [-0.3, -0.25) is 4.98 Å². The van der Waals surface area contributed by atoms with Crippen molar-refractivity contribution in [3.8, 4) is 16.9 Å². The molecule has 2 aromatic carbocycles. The van der Waals surface area contributed by atoms with E-state index in [-0.39, 0.29) is 12.2 Å². The van der Waals surface area contributed by atoms with Gasteiger partial charge in [0.05, 0.1) is 17.9 Å². The number of pyridine rings is 1. The van der Waals surface area contributed by atoms with E-state index in [9.17, 15) is 9.90 Å². The van der Waals surface area contributed by atoms with Crippen LogP contribution in [0, 0.1) is 0 Å². The van der Waals surface area contributed by atoms with Crippen LogP contribution in [0.15, 0.2) is 78.1 Å². The molecule has 164 valence electrons. The van der Waals surface area contributed by atoms with Crippen LogP contribution in [-0.2, 0) is 9.57 Å². The molecular formula is C25H24N2O5. The minimum Gasteiger partial charge on any atom is -0.487 e. The summed E-state index contributed by atoms with van der Waals surface area (Å²) in [6.07, 6.45) is 3.76. The van der Waals surface area contributed by atoms with Crippen LogP contribution >= 0.6 is 0 Å². The highest BCUT2D eigenvalue weighted by Crippen LogP contribution is 2.22. The van der Waals surface area contributed by atoms with E-state index in [1.165, 1.54) is 18.3 Å². The summed E-state index contributed by atoms with van der Waals surface area (Å²) in [5, 5.41) is 13.5. The Bertz CT molecular complexity index is 1060. The molecule has 1 atom stereocenters. The maximum Gasteiger partial charge on any atom is 0.335 e. The van der Waals surface area contributed by atoms with Gasteiger partial charge in [-0.15, -0.1) is 0 Å². The summed E-state index contributed by atoms with van der Waals surface area (Å²) in [5.74, 6) is -0.386. The number of carboxylic acids is 1. The van der Waals surface area contributed by atoms with Gasteiger partial charge < -0.3 is 19.4 Å². The summed E-state index contributed by atoms with van der Waals surface area (Å²) < 4.78 is 11.5. The second kappa shape index (κ2) is 10.5. The molecule has 1 saturated heterocycles. The van der Waals surface area contributed by atoms with Gasteiger partial charge in [0.1, 0.15) is 18.1 Å². The van der Waals surface area contributed by atoms with Gasteiger partial charge in [0.25, 0.3) is 0 Å². The molecule has 32 heavy (non-hydrogen) atoms. The fourth-order valence-electron chi connectivity index (χ4n) is 3.31. The number of aromatic nitrogens is 1. The second-order valence-corrected chi connectivity index (χ2v) is 7.35. The lowest BCUT2D eigenvalue weighted by Gasteiger charge is -2.20. The summed E-state index contributed by atoms with van der Waals surface area (Å²) in [7, 11) is 0. The summed E-state index contributed by atoms with van der Waals surface area (Å²) in [4.78, 5) is 21.2. The number of hydrogen-bond acceptors (Lipinski definition) is 6. The van der Waals surface area contributed by atoms with E-state index >= 15 is 0 Å². The monoisotopic (exact) mass is 432 g/mol. The Labute approximate surface area is 186 Å². The van der Waals surface area contributed by atoms with Crippen LogP contribution in [0.3, 0.4) is 0 Å². The Morgan fingerprint density at radius 3 is 2.56 bits per heavy atom. The number of hydrogen-bond donors (Lipinski definition) is 1. The van der Waals surface area contributed by atoms with Crippen molar-refractivity contribution in [1.82, 2.24) is 4.98 Å². The molecule has 0 bridgehead atoms. The van der Waals surface area contributed by atoms with Crippen molar-refractivity contribution in [1.29, 1.82) is 0 Å². The van der Waals surface area contributed by atoms with Gasteiger partial charge in [0, 0.05) is 12.6 Å². The van der Waals surface area contributed by atoms with Crippen molar-refractivity contribution in [3.63, 3.8) is 0 Å². The van der Waals surface area contributed by atoms with Gasteiger partial charge in [0.2, 0.25) is 6.29 Å². The quantitative estimate of drug-likeness (QED) is 0.407. The van der Waals surface area contributed by atoms with Gasteiger partial charge >= 0.3 is 5.97 Å². The standard InChI is InChI=1S/C25H24N2O5/c28-25(29)20-13-14-26-22(16-20)23(27-32-24-8-4-5-15-30-24)17-31-21-11-9-19(10-12-21)18-6-2-1-3-7-18/h1-3,6-7,9-14,16,24H,4-5,8,15,17H2,(H,28,29)/b27-23+. The highest BCUT2D eigenvalue weighted by Gasteiger charge is 2.17. The number of carboxylic acid groups (broad SMARTS) is 1. The van der Waals surface area contributed by atoms with E-state index in [4.69, 9.17) is 14.3 Å². The highest BCUT2D eigenvalue weighted by molar-refractivity contribution is 6.01. The molecule has 1 fully saturated rings. The van der Waals surface area contributed by atoms with Crippen molar-refractivity contribution in [3.05, 3.63) is 84.2 Å². The van der Waals surface area contributed by atoms with Crippen molar-refractivity contribution >= 4 is 11.7 Å². The summed E-state index contributed by atoms with van der Waals surface area (Å²) in [6.45, 7) is 0.694. The van der Waals surface area contributed by atoms with Crippen molar-refractivity contribution in [2.24, 2.45) is 5.16 Å². The number of ether oxygens (including phenoxy) is 2. The molecular weight excluding hydrogens is 408 g/mol. The minimum absolute atomic E-state index is 0.0630. The molecule has 2 heterocycles. The predicted molar refractivity (Wildman–Crippen MR) is 120 cm³/mol. The second-order valence-electron chi connectivity index (χ2n) is 7.35. The van der Waals surface area contributed by atoms with E-state index < -0.39 is 12.3 Å². The first-order chi connectivity index (χ1) is 15.7. The van der Waals surface area contributed by atoms with Crippen LogP contribution in [0.5, 0.6) is 5.75 Å². The van der Waals surface area contributed by atoms with Crippen molar-refractivity contribution in [2.75, 3.05) is 13.2 Å². The van der Waals surface area contributed by atoms with Crippen LogP contribution in [0.25, 0.3) is 11.1 Å². The Balaban J connectivity index is 1.49. The first kappa shape index (κ1) is 21.5. The molecule has 0 radical (unpaired) electrons. The average Bonchev–Trinajstić information content (AvgIpc) is 2.85. The maximum atomic E-state index is 11.4. The van der Waals surface area contributed by atoms with Gasteiger partial charge in [-0.05, 0) is 48.2 Å². The number of rotatable bonds is 8. The lowest BCUT2D eigenvalue weighted by atomic mass is 10.1. The van der Waals surface area contributed by atoms with Crippen LogP contribution in [0.1, 0.15) is 35.3 Å². The number of aromatic carboxylic acids is 1. The normalized spacial score (nSPS) is 16.4. The van der Waals surface area contributed by atoms with E-state index in [0.29, 0.717) is 23.8 Å². The van der Waals surface area contributed by atoms with Gasteiger partial charge in [-0.25, -0.2) is 4.79 Å². The molecule has 7 nitrogen and oxygen atoms in total. The fraction of sp³-hybridized carbons (Fsp3) is 0.240. The number of carbonyl (C=O) groups is 1. The molecule has 1 aliphatic rings. The van der Waals surface area contributed by atoms with Gasteiger partial charge in [-0.1, -0.05) is 47.6 Å². The average molecular weight is 432 g/mol. The number of benzene rings is 2. The summed E-state index contributed by atoms with van der Waals surface area (Å²) in [5.41, 5.74) is 3.08. The zero-order chi connectivity index (χ0) is 22.2. The third kappa shape index (κ3) is 5.70. The molecule has 1 aromatic heterocycles. The molecule has 1 N–H and O–H groups in total. The summed E-state index contributed by atoms with van der Waals surface area (Å²) >= 11 is 0. The maximum absolute atomic E-state index is 11.4. The fourth-order valence-corrected chi connectivity index (χ4v) is 3.31. The molecule has 0 aliphatic carbocycles. The van der Waals surface area contributed by atoms with Gasteiger partial charge in [0.15, 0.2) is 0 Å². The smallest absolute Gasteiger partial charge is 0.335 e. The molecule has 1 aliphatic heterocycles. The van der Waals surface area contributed by atoms with Gasteiger partial charge in [-0.2, -0.15) is 0 Å². The van der Waals surface area contributed by atoms with Crippen LogP contribution in [0.2, 0.25) is 0 Å². The lowest BCUT2D eigenvalue weighted by Crippen LogP contribution is -2.22. The predicted octanol–water partition coefficient (Wildman–Crippen LogP) is 4.77. The first-order valence-electron chi connectivity index (χ1n) is 10.5. The highest BCUT2D eigenvalue weighted by atomic mass is 16.8. The van der Waals surface area contributed by atoms with E-state index in [1.807, 2.05) is 54.6 Å². The Kier molecular flexibility index (Phi) is 7.09. The largest absolute Gasteiger partial charge is 0.487 e. The Morgan fingerprint density at radius 2 is 1.84 bits per heavy atom.